The summed E-state index contributed by atoms with van der Waals surface area (Å²) in [6.07, 6.45) is 3.60. The van der Waals surface area contributed by atoms with Gasteiger partial charge in [-0.2, -0.15) is 0 Å². The van der Waals surface area contributed by atoms with Gasteiger partial charge in [-0.05, 0) is 24.6 Å². The molecule has 7 heteroatoms. The smallest absolute Gasteiger partial charge is 0.213 e. The highest BCUT2D eigenvalue weighted by molar-refractivity contribution is 5.79. The van der Waals surface area contributed by atoms with Crippen LogP contribution in [0.3, 0.4) is 0 Å². The average molecular weight is 358 g/mol. The number of anilines is 1. The number of oxazole rings is 1. The van der Waals surface area contributed by atoms with Crippen molar-refractivity contribution in [1.29, 1.82) is 0 Å². The van der Waals surface area contributed by atoms with Gasteiger partial charge in [-0.15, -0.1) is 0 Å². The van der Waals surface area contributed by atoms with Gasteiger partial charge in [0.2, 0.25) is 5.89 Å². The molecule has 2 N–H and O–H groups in total. The number of pyridine rings is 1. The van der Waals surface area contributed by atoms with E-state index in [1.165, 1.54) is 0 Å². The van der Waals surface area contributed by atoms with E-state index < -0.39 is 0 Å². The van der Waals surface area contributed by atoms with Crippen molar-refractivity contribution in [3.8, 4) is 0 Å². The number of nitrogens with zero attached hydrogens (tertiary/aromatic N) is 4. The fourth-order valence-corrected chi connectivity index (χ4v) is 2.21. The third-order valence-corrected chi connectivity index (χ3v) is 3.73. The van der Waals surface area contributed by atoms with E-state index in [1.54, 1.807) is 12.4 Å². The lowest BCUT2D eigenvalue weighted by Crippen LogP contribution is -2.36. The van der Waals surface area contributed by atoms with Crippen molar-refractivity contribution >= 4 is 11.8 Å². The van der Waals surface area contributed by atoms with E-state index in [1.807, 2.05) is 38.1 Å². The van der Waals surface area contributed by atoms with Crippen molar-refractivity contribution in [3.63, 3.8) is 0 Å². The van der Waals surface area contributed by atoms with Gasteiger partial charge < -0.3 is 20.0 Å². The fourth-order valence-electron chi connectivity index (χ4n) is 2.21. The minimum Gasteiger partial charge on any atom is -0.443 e. The average Bonchev–Trinajstić information content (AvgIpc) is 3.07. The molecule has 0 aliphatic rings. The molecular weight excluding hydrogens is 328 g/mol. The molecule has 0 radical (unpaired) electrons. The predicted molar refractivity (Wildman–Crippen MR) is 105 cm³/mol. The van der Waals surface area contributed by atoms with Gasteiger partial charge in [-0.1, -0.05) is 20.8 Å². The topological polar surface area (TPSA) is 78.6 Å². The van der Waals surface area contributed by atoms with Crippen LogP contribution in [0.2, 0.25) is 0 Å². The Balaban J connectivity index is 2.00. The Morgan fingerprint density at radius 2 is 2.00 bits per heavy atom. The monoisotopic (exact) mass is 358 g/mol. The molecule has 0 spiro atoms. The lowest BCUT2D eigenvalue weighted by atomic mass is 9.94. The number of rotatable bonds is 6. The van der Waals surface area contributed by atoms with E-state index in [4.69, 9.17) is 4.42 Å². The highest BCUT2D eigenvalue weighted by Gasteiger charge is 2.19. The van der Waals surface area contributed by atoms with Crippen LogP contribution in [0, 0.1) is 0 Å². The Hall–Kier alpha value is -2.57. The zero-order chi connectivity index (χ0) is 19.2. The number of hydrogen-bond donors (Lipinski definition) is 2. The molecule has 7 nitrogen and oxygen atoms in total. The molecule has 2 heterocycles. The van der Waals surface area contributed by atoms with E-state index in [0.717, 1.165) is 29.6 Å². The summed E-state index contributed by atoms with van der Waals surface area (Å²) in [5.41, 5.74) is 1.06. The van der Waals surface area contributed by atoms with E-state index in [0.29, 0.717) is 19.0 Å². The van der Waals surface area contributed by atoms with E-state index in [2.05, 4.69) is 46.4 Å². The highest BCUT2D eigenvalue weighted by Crippen LogP contribution is 2.22. The predicted octanol–water partition coefficient (Wildman–Crippen LogP) is 2.69. The summed E-state index contributed by atoms with van der Waals surface area (Å²) < 4.78 is 5.81. The van der Waals surface area contributed by atoms with Crippen LogP contribution >= 0.6 is 0 Å². The normalized spacial score (nSPS) is 12.2. The molecule has 0 aromatic carbocycles. The van der Waals surface area contributed by atoms with Crippen molar-refractivity contribution in [3.05, 3.63) is 41.7 Å². The van der Waals surface area contributed by atoms with Crippen LogP contribution in [0.5, 0.6) is 0 Å². The summed E-state index contributed by atoms with van der Waals surface area (Å²) in [5.74, 6) is 3.18. The molecule has 0 unspecified atom stereocenters. The third-order valence-electron chi connectivity index (χ3n) is 3.73. The molecule has 0 bridgehead atoms. The summed E-state index contributed by atoms with van der Waals surface area (Å²) in [6.45, 7) is 10.2. The molecule has 2 rings (SSSR count). The largest absolute Gasteiger partial charge is 0.443 e. The molecular formula is C19H30N6O. The molecule has 0 aliphatic heterocycles. The molecule has 2 aromatic heterocycles. The second-order valence-corrected chi connectivity index (χ2v) is 7.33. The van der Waals surface area contributed by atoms with Gasteiger partial charge in [0, 0.05) is 32.3 Å². The summed E-state index contributed by atoms with van der Waals surface area (Å²) in [6, 6.07) is 4.01. The first-order chi connectivity index (χ1) is 12.3. The van der Waals surface area contributed by atoms with Crippen LogP contribution in [0.15, 0.2) is 33.9 Å². The maximum Gasteiger partial charge on any atom is 0.213 e. The lowest BCUT2D eigenvalue weighted by Gasteiger charge is -2.13. The van der Waals surface area contributed by atoms with Crippen molar-refractivity contribution < 1.29 is 4.42 Å². The van der Waals surface area contributed by atoms with Gasteiger partial charge in [0.25, 0.3) is 0 Å². The number of aliphatic imine (C=N–C) groups is 1. The summed E-state index contributed by atoms with van der Waals surface area (Å²) in [4.78, 5) is 15.3. The number of guanidine groups is 1. The highest BCUT2D eigenvalue weighted by atomic mass is 16.4. The summed E-state index contributed by atoms with van der Waals surface area (Å²) in [7, 11) is 3.95. The third kappa shape index (κ3) is 5.75. The summed E-state index contributed by atoms with van der Waals surface area (Å²) in [5, 5.41) is 6.51. The standard InChI is InChI=1S/C19H30N6O/c1-7-20-18(23-11-14-8-9-21-16(10-14)25(5)6)24-13-17-22-12-15(26-17)19(2,3)4/h8-10,12H,7,11,13H2,1-6H3,(H2,20,23,24). The van der Waals surface area contributed by atoms with Gasteiger partial charge in [0.1, 0.15) is 11.6 Å². The molecule has 0 saturated heterocycles. The Morgan fingerprint density at radius 3 is 2.62 bits per heavy atom. The Morgan fingerprint density at radius 1 is 1.23 bits per heavy atom. The van der Waals surface area contributed by atoms with E-state index in [9.17, 15) is 0 Å². The Bertz CT molecular complexity index is 730. The zero-order valence-corrected chi connectivity index (χ0v) is 16.6. The van der Waals surface area contributed by atoms with Gasteiger partial charge in [0.15, 0.2) is 5.96 Å². The Labute approximate surface area is 155 Å². The first-order valence-corrected chi connectivity index (χ1v) is 8.89. The van der Waals surface area contributed by atoms with Gasteiger partial charge in [-0.25, -0.2) is 15.0 Å². The van der Waals surface area contributed by atoms with Crippen LogP contribution in [-0.2, 0) is 18.5 Å². The SMILES string of the molecule is CCNC(=NCc1ccnc(N(C)C)c1)NCc1ncc(C(C)(C)C)o1. The molecule has 0 aliphatic carbocycles. The van der Waals surface area contributed by atoms with Crippen molar-refractivity contribution in [1.82, 2.24) is 20.6 Å². The maximum absolute atomic E-state index is 5.81. The molecule has 0 saturated carbocycles. The number of nitrogens with one attached hydrogen (secondary N) is 2. The summed E-state index contributed by atoms with van der Waals surface area (Å²) >= 11 is 0. The molecule has 0 amide bonds. The molecule has 142 valence electrons. The van der Waals surface area contributed by atoms with Crippen LogP contribution in [0.25, 0.3) is 0 Å². The van der Waals surface area contributed by atoms with Crippen LogP contribution < -0.4 is 15.5 Å². The first-order valence-electron chi connectivity index (χ1n) is 8.89. The van der Waals surface area contributed by atoms with E-state index >= 15 is 0 Å². The number of hydrogen-bond acceptors (Lipinski definition) is 5. The maximum atomic E-state index is 5.81. The first kappa shape index (κ1) is 19.8. The Kier molecular flexibility index (Phi) is 6.60. The molecule has 0 fully saturated rings. The minimum absolute atomic E-state index is 0.0463. The number of aromatic nitrogens is 2. The van der Waals surface area contributed by atoms with Gasteiger partial charge in [-0.3, -0.25) is 0 Å². The fraction of sp³-hybridized carbons (Fsp3) is 0.526. The van der Waals surface area contributed by atoms with Crippen LogP contribution in [0.4, 0.5) is 5.82 Å². The van der Waals surface area contributed by atoms with Gasteiger partial charge in [0.05, 0.1) is 19.3 Å². The van der Waals surface area contributed by atoms with Gasteiger partial charge >= 0.3 is 0 Å². The van der Waals surface area contributed by atoms with Crippen LogP contribution in [-0.4, -0.2) is 36.6 Å². The quantitative estimate of drug-likeness (QED) is 0.611. The van der Waals surface area contributed by atoms with E-state index in [-0.39, 0.29) is 5.41 Å². The second kappa shape index (κ2) is 8.69. The molecule has 0 atom stereocenters. The van der Waals surface area contributed by atoms with Crippen molar-refractivity contribution in [2.24, 2.45) is 4.99 Å². The lowest BCUT2D eigenvalue weighted by molar-refractivity contribution is 0.379. The molecule has 2 aromatic rings. The van der Waals surface area contributed by atoms with Crippen LogP contribution in [0.1, 0.15) is 44.9 Å². The second-order valence-electron chi connectivity index (χ2n) is 7.33. The minimum atomic E-state index is -0.0463. The van der Waals surface area contributed by atoms with Crippen molar-refractivity contribution in [2.75, 3.05) is 25.5 Å². The van der Waals surface area contributed by atoms with Crippen molar-refractivity contribution in [2.45, 2.75) is 46.2 Å². The molecule has 26 heavy (non-hydrogen) atoms. The zero-order valence-electron chi connectivity index (χ0n) is 16.6.